The van der Waals surface area contributed by atoms with Crippen LogP contribution in [0.15, 0.2) is 45.5 Å². The molecule has 0 spiro atoms. The number of aromatic nitrogens is 3. The monoisotopic (exact) mass is 324 g/mol. The number of carbonyl (C=O) groups is 1. The zero-order valence-electron chi connectivity index (χ0n) is 13.3. The predicted molar refractivity (Wildman–Crippen MR) is 86.6 cm³/mol. The number of rotatable bonds is 5. The van der Waals surface area contributed by atoms with Crippen molar-refractivity contribution in [1.29, 1.82) is 0 Å². The highest BCUT2D eigenvalue weighted by molar-refractivity contribution is 5.91. The summed E-state index contributed by atoms with van der Waals surface area (Å²) in [5, 5.41) is 10.3. The third-order valence-corrected chi connectivity index (χ3v) is 3.34. The zero-order chi connectivity index (χ0) is 16.9. The van der Waals surface area contributed by atoms with E-state index in [1.165, 1.54) is 6.08 Å². The molecule has 0 bridgehead atoms. The van der Waals surface area contributed by atoms with Crippen LogP contribution in [-0.2, 0) is 11.3 Å². The van der Waals surface area contributed by atoms with E-state index in [1.807, 2.05) is 31.2 Å². The molecule has 1 N–H and O–H groups in total. The predicted octanol–water partition coefficient (Wildman–Crippen LogP) is 2.67. The lowest BCUT2D eigenvalue weighted by atomic mass is 10.1. The molecule has 24 heavy (non-hydrogen) atoms. The Morgan fingerprint density at radius 2 is 2.04 bits per heavy atom. The van der Waals surface area contributed by atoms with Gasteiger partial charge in [-0.15, -0.1) is 0 Å². The van der Waals surface area contributed by atoms with Crippen molar-refractivity contribution < 1.29 is 13.8 Å². The normalized spacial score (nSPS) is 11.1. The van der Waals surface area contributed by atoms with E-state index in [-0.39, 0.29) is 12.5 Å². The van der Waals surface area contributed by atoms with Crippen molar-refractivity contribution in [1.82, 2.24) is 20.6 Å². The molecule has 7 heteroatoms. The van der Waals surface area contributed by atoms with Crippen molar-refractivity contribution in [2.45, 2.75) is 20.4 Å². The van der Waals surface area contributed by atoms with E-state index < -0.39 is 0 Å². The molecular weight excluding hydrogens is 308 g/mol. The van der Waals surface area contributed by atoms with Gasteiger partial charge in [-0.2, -0.15) is 4.98 Å². The van der Waals surface area contributed by atoms with Gasteiger partial charge in [0.05, 0.1) is 6.54 Å². The summed E-state index contributed by atoms with van der Waals surface area (Å²) in [5.74, 6) is 1.04. The number of nitrogens with zero attached hydrogens (tertiary/aromatic N) is 3. The number of hydrogen-bond acceptors (Lipinski definition) is 6. The lowest BCUT2D eigenvalue weighted by Crippen LogP contribution is -2.20. The molecule has 0 saturated heterocycles. The minimum Gasteiger partial charge on any atom is -0.361 e. The highest BCUT2D eigenvalue weighted by Crippen LogP contribution is 2.15. The van der Waals surface area contributed by atoms with Crippen molar-refractivity contribution in [3.05, 3.63) is 59.2 Å². The first kappa shape index (κ1) is 15.7. The molecule has 0 radical (unpaired) electrons. The van der Waals surface area contributed by atoms with Gasteiger partial charge in [0, 0.05) is 12.1 Å². The summed E-state index contributed by atoms with van der Waals surface area (Å²) in [6.45, 7) is 3.91. The van der Waals surface area contributed by atoms with Gasteiger partial charge in [-0.25, -0.2) is 0 Å². The highest BCUT2D eigenvalue weighted by atomic mass is 16.5. The van der Waals surface area contributed by atoms with Crippen LogP contribution in [-0.4, -0.2) is 21.2 Å². The summed E-state index contributed by atoms with van der Waals surface area (Å²) in [7, 11) is 0. The third kappa shape index (κ3) is 3.75. The molecule has 0 saturated carbocycles. The highest BCUT2D eigenvalue weighted by Gasteiger charge is 2.12. The Morgan fingerprint density at radius 1 is 1.21 bits per heavy atom. The molecule has 0 aliphatic rings. The molecule has 0 aliphatic carbocycles. The SMILES string of the molecule is Cc1cc(-c2noc(CNC(=O)/C=C\c3ccccc3C)n2)no1. The third-order valence-electron chi connectivity index (χ3n) is 3.34. The van der Waals surface area contributed by atoms with Crippen LogP contribution in [0.1, 0.15) is 22.8 Å². The van der Waals surface area contributed by atoms with E-state index in [0.717, 1.165) is 11.1 Å². The lowest BCUT2D eigenvalue weighted by Gasteiger charge is -1.99. The molecule has 0 unspecified atom stereocenters. The van der Waals surface area contributed by atoms with E-state index in [0.29, 0.717) is 23.2 Å². The van der Waals surface area contributed by atoms with E-state index in [1.54, 1.807) is 19.1 Å². The maximum absolute atomic E-state index is 11.9. The Bertz CT molecular complexity index is 879. The molecule has 3 aromatic rings. The van der Waals surface area contributed by atoms with E-state index in [4.69, 9.17) is 9.05 Å². The summed E-state index contributed by atoms with van der Waals surface area (Å²) < 4.78 is 10.0. The first-order valence-electron chi connectivity index (χ1n) is 7.39. The van der Waals surface area contributed by atoms with Gasteiger partial charge < -0.3 is 14.4 Å². The number of benzene rings is 1. The largest absolute Gasteiger partial charge is 0.361 e. The molecule has 2 aromatic heterocycles. The van der Waals surface area contributed by atoms with Crippen LogP contribution in [0.2, 0.25) is 0 Å². The summed E-state index contributed by atoms with van der Waals surface area (Å²) in [5.41, 5.74) is 2.59. The van der Waals surface area contributed by atoms with Gasteiger partial charge in [0.1, 0.15) is 5.76 Å². The smallest absolute Gasteiger partial charge is 0.246 e. The van der Waals surface area contributed by atoms with Crippen LogP contribution in [0.25, 0.3) is 17.6 Å². The zero-order valence-corrected chi connectivity index (χ0v) is 13.3. The molecule has 0 fully saturated rings. The summed E-state index contributed by atoms with van der Waals surface area (Å²) >= 11 is 0. The van der Waals surface area contributed by atoms with Crippen LogP contribution >= 0.6 is 0 Å². The van der Waals surface area contributed by atoms with Crippen LogP contribution in [0, 0.1) is 13.8 Å². The standard InChI is InChI=1S/C17H16N4O3/c1-11-5-3-4-6-13(11)7-8-15(22)18-10-16-19-17(21-24-16)14-9-12(2)23-20-14/h3-9H,10H2,1-2H3,(H,18,22)/b8-7-. The van der Waals surface area contributed by atoms with Gasteiger partial charge in [-0.1, -0.05) is 34.6 Å². The van der Waals surface area contributed by atoms with Crippen molar-refractivity contribution >= 4 is 12.0 Å². The second kappa shape index (κ2) is 6.91. The first-order valence-corrected chi connectivity index (χ1v) is 7.39. The topological polar surface area (TPSA) is 94.1 Å². The van der Waals surface area contributed by atoms with E-state index in [9.17, 15) is 4.79 Å². The molecule has 2 heterocycles. The summed E-state index contributed by atoms with van der Waals surface area (Å²) in [6, 6.07) is 9.52. The van der Waals surface area contributed by atoms with Gasteiger partial charge in [-0.3, -0.25) is 4.79 Å². The van der Waals surface area contributed by atoms with Crippen molar-refractivity contribution in [3.8, 4) is 11.5 Å². The van der Waals surface area contributed by atoms with E-state index in [2.05, 4.69) is 20.6 Å². The summed E-state index contributed by atoms with van der Waals surface area (Å²) in [6.07, 6.45) is 3.24. The van der Waals surface area contributed by atoms with Crippen LogP contribution in [0.5, 0.6) is 0 Å². The quantitative estimate of drug-likeness (QED) is 0.725. The first-order chi connectivity index (χ1) is 11.6. The fraction of sp³-hybridized carbons (Fsp3) is 0.176. The summed E-state index contributed by atoms with van der Waals surface area (Å²) in [4.78, 5) is 16.0. The van der Waals surface area contributed by atoms with Gasteiger partial charge in [-0.05, 0) is 31.1 Å². The maximum atomic E-state index is 11.9. The number of nitrogens with one attached hydrogen (secondary N) is 1. The molecule has 0 aliphatic heterocycles. The lowest BCUT2D eigenvalue weighted by molar-refractivity contribution is -0.116. The van der Waals surface area contributed by atoms with Gasteiger partial charge in [0.25, 0.3) is 0 Å². The van der Waals surface area contributed by atoms with E-state index >= 15 is 0 Å². The number of carbonyl (C=O) groups excluding carboxylic acids is 1. The minimum absolute atomic E-state index is 0.140. The Balaban J connectivity index is 1.57. The Kier molecular flexibility index (Phi) is 4.51. The Labute approximate surface area is 138 Å². The second-order valence-corrected chi connectivity index (χ2v) is 5.24. The molecule has 7 nitrogen and oxygen atoms in total. The Morgan fingerprint density at radius 3 is 2.79 bits per heavy atom. The van der Waals surface area contributed by atoms with Gasteiger partial charge in [0.15, 0.2) is 5.69 Å². The average molecular weight is 324 g/mol. The number of amides is 1. The molecular formula is C17H16N4O3. The Hall–Kier alpha value is -3.22. The number of aryl methyl sites for hydroxylation is 2. The van der Waals surface area contributed by atoms with Crippen molar-refractivity contribution in [3.63, 3.8) is 0 Å². The molecule has 1 aromatic carbocycles. The fourth-order valence-corrected chi connectivity index (χ4v) is 2.06. The van der Waals surface area contributed by atoms with Crippen LogP contribution < -0.4 is 5.32 Å². The molecule has 3 rings (SSSR count). The molecule has 122 valence electrons. The fourth-order valence-electron chi connectivity index (χ4n) is 2.06. The average Bonchev–Trinajstić information content (AvgIpc) is 3.21. The minimum atomic E-state index is -0.240. The molecule has 1 amide bonds. The van der Waals surface area contributed by atoms with Crippen molar-refractivity contribution in [2.75, 3.05) is 0 Å². The van der Waals surface area contributed by atoms with Crippen LogP contribution in [0.4, 0.5) is 0 Å². The second-order valence-electron chi connectivity index (χ2n) is 5.24. The van der Waals surface area contributed by atoms with Crippen molar-refractivity contribution in [2.24, 2.45) is 0 Å². The maximum Gasteiger partial charge on any atom is 0.246 e. The number of hydrogen-bond donors (Lipinski definition) is 1. The molecule has 0 atom stereocenters. The van der Waals surface area contributed by atoms with Gasteiger partial charge in [0.2, 0.25) is 17.6 Å². The van der Waals surface area contributed by atoms with Gasteiger partial charge >= 0.3 is 0 Å². The van der Waals surface area contributed by atoms with Crippen LogP contribution in [0.3, 0.4) is 0 Å².